The molecule has 0 saturated carbocycles. The Bertz CT molecular complexity index is 605. The lowest BCUT2D eigenvalue weighted by molar-refractivity contribution is 0.532. The van der Waals surface area contributed by atoms with E-state index in [4.69, 9.17) is 9.68 Å². The first-order valence-corrected chi connectivity index (χ1v) is 5.92. The first-order chi connectivity index (χ1) is 8.19. The molecule has 2 nitrogen and oxygen atoms in total. The highest BCUT2D eigenvalue weighted by Crippen LogP contribution is 2.21. The van der Waals surface area contributed by atoms with E-state index in [0.29, 0.717) is 16.0 Å². The summed E-state index contributed by atoms with van der Waals surface area (Å²) in [5, 5.41) is 9.17. The van der Waals surface area contributed by atoms with Crippen LogP contribution in [0.1, 0.15) is 16.9 Å². The van der Waals surface area contributed by atoms with Crippen molar-refractivity contribution in [3.05, 3.63) is 58.0 Å². The number of halogens is 1. The summed E-state index contributed by atoms with van der Waals surface area (Å²) < 4.78 is 6.01. The predicted molar refractivity (Wildman–Crippen MR) is 71.1 cm³/mol. The molecule has 0 aliphatic rings. The molecule has 2 aromatic rings. The van der Waals surface area contributed by atoms with E-state index in [9.17, 15) is 0 Å². The van der Waals surface area contributed by atoms with Crippen molar-refractivity contribution in [1.82, 2.24) is 0 Å². The topological polar surface area (TPSA) is 36.9 Å². The van der Waals surface area contributed by atoms with E-state index in [2.05, 4.69) is 22.0 Å². The second-order valence-corrected chi connectivity index (χ2v) is 4.46. The quantitative estimate of drug-likeness (QED) is 0.767. The molecule has 1 aromatic carbocycles. The summed E-state index contributed by atoms with van der Waals surface area (Å²) in [5.41, 5.74) is 2.62. The van der Waals surface area contributed by atoms with Gasteiger partial charge in [0.1, 0.15) is 5.76 Å². The lowest BCUT2D eigenvalue weighted by Crippen LogP contribution is -1.82. The van der Waals surface area contributed by atoms with Crippen molar-refractivity contribution in [2.24, 2.45) is 0 Å². The zero-order valence-corrected chi connectivity index (χ0v) is 10.9. The summed E-state index contributed by atoms with van der Waals surface area (Å²) in [6.07, 6.45) is 1.74. The highest BCUT2D eigenvalue weighted by atomic mass is 79.9. The Kier molecular flexibility index (Phi) is 3.46. The summed E-state index contributed by atoms with van der Waals surface area (Å²) >= 11 is 3.23. The molecule has 0 fully saturated rings. The Morgan fingerprint density at radius 3 is 2.76 bits per heavy atom. The van der Waals surface area contributed by atoms with Crippen molar-refractivity contribution in [3.8, 4) is 6.07 Å². The number of furan rings is 1. The largest absolute Gasteiger partial charge is 0.450 e. The summed E-state index contributed by atoms with van der Waals surface area (Å²) in [4.78, 5) is 0. The van der Waals surface area contributed by atoms with Crippen molar-refractivity contribution in [2.45, 2.75) is 6.92 Å². The second-order valence-electron chi connectivity index (χ2n) is 3.68. The summed E-state index contributed by atoms with van der Waals surface area (Å²) in [6.45, 7) is 2.00. The van der Waals surface area contributed by atoms with Gasteiger partial charge in [-0.15, -0.1) is 0 Å². The van der Waals surface area contributed by atoms with Crippen molar-refractivity contribution < 1.29 is 4.42 Å². The van der Waals surface area contributed by atoms with Gasteiger partial charge in [0.25, 0.3) is 0 Å². The Morgan fingerprint density at radius 1 is 1.35 bits per heavy atom. The van der Waals surface area contributed by atoms with E-state index < -0.39 is 0 Å². The lowest BCUT2D eigenvalue weighted by Gasteiger charge is -1.99. The Hall–Kier alpha value is -1.79. The number of aryl methyl sites for hydroxylation is 1. The zero-order chi connectivity index (χ0) is 12.3. The van der Waals surface area contributed by atoms with Crippen molar-refractivity contribution in [2.75, 3.05) is 0 Å². The highest BCUT2D eigenvalue weighted by molar-refractivity contribution is 9.10. The average Bonchev–Trinajstić information content (AvgIpc) is 2.72. The van der Waals surface area contributed by atoms with Crippen LogP contribution in [-0.2, 0) is 0 Å². The van der Waals surface area contributed by atoms with Gasteiger partial charge in [-0.1, -0.05) is 29.8 Å². The van der Waals surface area contributed by atoms with Crippen LogP contribution >= 0.6 is 15.9 Å². The van der Waals surface area contributed by atoms with Crippen molar-refractivity contribution in [1.29, 1.82) is 5.26 Å². The van der Waals surface area contributed by atoms with Gasteiger partial charge in [0, 0.05) is 0 Å². The molecule has 3 heteroatoms. The summed E-state index contributed by atoms with van der Waals surface area (Å²) in [7, 11) is 0. The van der Waals surface area contributed by atoms with Gasteiger partial charge in [0.15, 0.2) is 4.67 Å². The van der Waals surface area contributed by atoms with E-state index in [1.54, 1.807) is 12.1 Å². The van der Waals surface area contributed by atoms with E-state index in [-0.39, 0.29) is 0 Å². The van der Waals surface area contributed by atoms with Crippen LogP contribution in [0, 0.1) is 18.3 Å². The van der Waals surface area contributed by atoms with E-state index in [1.807, 2.05) is 37.3 Å². The summed E-state index contributed by atoms with van der Waals surface area (Å²) in [6, 6.07) is 13.6. The maximum atomic E-state index is 9.17. The third-order valence-corrected chi connectivity index (χ3v) is 2.76. The molecule has 0 bridgehead atoms. The number of allylic oxidation sites excluding steroid dienone is 1. The second kappa shape index (κ2) is 5.03. The third-order valence-electron chi connectivity index (χ3n) is 2.33. The predicted octanol–water partition coefficient (Wildman–Crippen LogP) is 4.41. The fourth-order valence-electron chi connectivity index (χ4n) is 1.54. The van der Waals surface area contributed by atoms with Crippen LogP contribution in [0.2, 0.25) is 0 Å². The van der Waals surface area contributed by atoms with Crippen LogP contribution < -0.4 is 0 Å². The first kappa shape index (κ1) is 11.7. The molecule has 0 spiro atoms. The molecule has 0 aliphatic carbocycles. The van der Waals surface area contributed by atoms with Crippen LogP contribution in [0.5, 0.6) is 0 Å². The van der Waals surface area contributed by atoms with Crippen molar-refractivity contribution >= 4 is 27.6 Å². The zero-order valence-electron chi connectivity index (χ0n) is 9.27. The van der Waals surface area contributed by atoms with Crippen LogP contribution in [0.15, 0.2) is 45.5 Å². The van der Waals surface area contributed by atoms with Gasteiger partial charge in [-0.2, -0.15) is 5.26 Å². The number of nitrogens with zero attached hydrogens (tertiary/aromatic N) is 1. The average molecular weight is 288 g/mol. The minimum Gasteiger partial charge on any atom is -0.450 e. The van der Waals surface area contributed by atoms with E-state index >= 15 is 0 Å². The molecule has 17 heavy (non-hydrogen) atoms. The molecular weight excluding hydrogens is 278 g/mol. The van der Waals surface area contributed by atoms with Crippen LogP contribution in [0.25, 0.3) is 11.6 Å². The van der Waals surface area contributed by atoms with Gasteiger partial charge in [-0.25, -0.2) is 0 Å². The van der Waals surface area contributed by atoms with Gasteiger partial charge >= 0.3 is 0 Å². The Labute approximate surface area is 108 Å². The standard InChI is InChI=1S/C14H10BrNO/c1-10-3-2-4-11(7-10)12(9-16)8-13-5-6-14(15)17-13/h2-8H,1H3/b12-8-. The number of rotatable bonds is 2. The first-order valence-electron chi connectivity index (χ1n) is 5.13. The smallest absolute Gasteiger partial charge is 0.169 e. The maximum Gasteiger partial charge on any atom is 0.169 e. The SMILES string of the molecule is Cc1cccc(/C(C#N)=C\c2ccc(Br)o2)c1. The molecular formula is C14H10BrNO. The number of hydrogen-bond donors (Lipinski definition) is 0. The van der Waals surface area contributed by atoms with Crippen LogP contribution in [0.3, 0.4) is 0 Å². The molecule has 0 aliphatic heterocycles. The fourth-order valence-corrected chi connectivity index (χ4v) is 1.86. The third kappa shape index (κ3) is 2.86. The molecule has 0 saturated heterocycles. The van der Waals surface area contributed by atoms with Crippen LogP contribution in [-0.4, -0.2) is 0 Å². The number of hydrogen-bond acceptors (Lipinski definition) is 2. The normalized spacial score (nSPS) is 11.2. The Balaban J connectivity index is 2.41. The molecule has 84 valence electrons. The lowest BCUT2D eigenvalue weighted by atomic mass is 10.0. The van der Waals surface area contributed by atoms with Gasteiger partial charge in [0.05, 0.1) is 11.6 Å². The molecule has 0 atom stereocenters. The minimum atomic E-state index is 0.593. The summed E-state index contributed by atoms with van der Waals surface area (Å²) in [5.74, 6) is 0.662. The minimum absolute atomic E-state index is 0.593. The highest BCUT2D eigenvalue weighted by Gasteiger charge is 2.03. The van der Waals surface area contributed by atoms with Gasteiger partial charge in [0.2, 0.25) is 0 Å². The molecule has 0 radical (unpaired) electrons. The number of nitriles is 1. The van der Waals surface area contributed by atoms with Crippen LogP contribution in [0.4, 0.5) is 0 Å². The Morgan fingerprint density at radius 2 is 2.18 bits per heavy atom. The molecule has 0 unspecified atom stereocenters. The molecule has 1 heterocycles. The van der Waals surface area contributed by atoms with E-state index in [0.717, 1.165) is 11.1 Å². The fraction of sp³-hybridized carbons (Fsp3) is 0.0714. The molecule has 2 rings (SSSR count). The van der Waals surface area contributed by atoms with Crippen molar-refractivity contribution in [3.63, 3.8) is 0 Å². The maximum absolute atomic E-state index is 9.17. The van der Waals surface area contributed by atoms with Gasteiger partial charge < -0.3 is 4.42 Å². The van der Waals surface area contributed by atoms with E-state index in [1.165, 1.54) is 0 Å². The number of benzene rings is 1. The molecule has 0 amide bonds. The monoisotopic (exact) mass is 287 g/mol. The molecule has 0 N–H and O–H groups in total. The van der Waals surface area contributed by atoms with Gasteiger partial charge in [-0.3, -0.25) is 0 Å². The molecule has 1 aromatic heterocycles. The van der Waals surface area contributed by atoms with Gasteiger partial charge in [-0.05, 0) is 46.6 Å².